The van der Waals surface area contributed by atoms with Gasteiger partial charge in [-0.15, -0.1) is 0 Å². The largest absolute Gasteiger partial charge is 0.389 e. The molecule has 19 heavy (non-hydrogen) atoms. The molecule has 0 radical (unpaired) electrons. The summed E-state index contributed by atoms with van der Waals surface area (Å²) in [5, 5.41) is 3.16. The molecule has 0 saturated carbocycles. The fraction of sp³-hybridized carbons (Fsp3) is 0.0714. The van der Waals surface area contributed by atoms with Crippen LogP contribution in [0, 0.1) is 12.7 Å². The topological polar surface area (TPSA) is 38.0 Å². The number of hydrogen-bond acceptors (Lipinski definition) is 2. The van der Waals surface area contributed by atoms with Crippen molar-refractivity contribution < 1.29 is 4.39 Å². The van der Waals surface area contributed by atoms with E-state index in [2.05, 4.69) is 21.2 Å². The van der Waals surface area contributed by atoms with Crippen LogP contribution in [0.1, 0.15) is 11.1 Å². The second kappa shape index (κ2) is 5.67. The average Bonchev–Trinajstić information content (AvgIpc) is 2.32. The summed E-state index contributed by atoms with van der Waals surface area (Å²) in [6.07, 6.45) is 0. The van der Waals surface area contributed by atoms with Crippen LogP contribution >= 0.6 is 28.1 Å². The molecule has 2 nitrogen and oxygen atoms in total. The highest BCUT2D eigenvalue weighted by molar-refractivity contribution is 9.10. The van der Waals surface area contributed by atoms with Crippen LogP contribution in [0.15, 0.2) is 40.9 Å². The molecule has 2 aromatic carbocycles. The van der Waals surface area contributed by atoms with E-state index in [4.69, 9.17) is 18.0 Å². The van der Waals surface area contributed by atoms with E-state index < -0.39 is 5.82 Å². The third kappa shape index (κ3) is 3.30. The van der Waals surface area contributed by atoms with Crippen molar-refractivity contribution in [3.8, 4) is 0 Å². The van der Waals surface area contributed by atoms with Gasteiger partial charge in [0, 0.05) is 21.4 Å². The van der Waals surface area contributed by atoms with Crippen LogP contribution in [0.2, 0.25) is 0 Å². The van der Waals surface area contributed by atoms with Crippen molar-refractivity contribution in [2.45, 2.75) is 6.92 Å². The Balaban J connectivity index is 2.29. The first-order valence-corrected chi connectivity index (χ1v) is 6.80. The number of nitrogens with one attached hydrogen (secondary N) is 1. The monoisotopic (exact) mass is 338 g/mol. The minimum absolute atomic E-state index is 0.0591. The van der Waals surface area contributed by atoms with E-state index in [9.17, 15) is 4.39 Å². The molecule has 98 valence electrons. The van der Waals surface area contributed by atoms with Gasteiger partial charge in [-0.25, -0.2) is 4.39 Å². The van der Waals surface area contributed by atoms with Crippen molar-refractivity contribution in [1.29, 1.82) is 0 Å². The molecule has 0 aromatic heterocycles. The van der Waals surface area contributed by atoms with Gasteiger partial charge in [-0.1, -0.05) is 28.1 Å². The van der Waals surface area contributed by atoms with E-state index in [1.54, 1.807) is 12.1 Å². The fourth-order valence-corrected chi connectivity index (χ4v) is 2.36. The lowest BCUT2D eigenvalue weighted by Crippen LogP contribution is -2.11. The third-order valence-corrected chi connectivity index (χ3v) is 3.42. The van der Waals surface area contributed by atoms with Gasteiger partial charge in [0.2, 0.25) is 0 Å². The Kier molecular flexibility index (Phi) is 4.17. The Morgan fingerprint density at radius 1 is 1.26 bits per heavy atom. The standard InChI is InChI=1S/C14H12BrFN2S/c1-8-6-9(15)2-5-13(8)18-10-3-4-11(14(17)19)12(16)7-10/h2-7,18H,1H3,(H2,17,19). The van der Waals surface area contributed by atoms with Gasteiger partial charge in [-0.2, -0.15) is 0 Å². The lowest BCUT2D eigenvalue weighted by molar-refractivity contribution is 0.626. The average molecular weight is 339 g/mol. The summed E-state index contributed by atoms with van der Waals surface area (Å²) in [4.78, 5) is 0.0591. The number of nitrogens with two attached hydrogens (primary N) is 1. The van der Waals surface area contributed by atoms with Gasteiger partial charge < -0.3 is 11.1 Å². The highest BCUT2D eigenvalue weighted by atomic mass is 79.9. The Hall–Kier alpha value is -1.46. The zero-order valence-electron chi connectivity index (χ0n) is 10.2. The van der Waals surface area contributed by atoms with E-state index in [-0.39, 0.29) is 10.6 Å². The van der Waals surface area contributed by atoms with Gasteiger partial charge in [0.1, 0.15) is 10.8 Å². The van der Waals surface area contributed by atoms with Crippen molar-refractivity contribution in [1.82, 2.24) is 0 Å². The highest BCUT2D eigenvalue weighted by Crippen LogP contribution is 2.24. The maximum absolute atomic E-state index is 13.8. The first-order chi connectivity index (χ1) is 8.97. The van der Waals surface area contributed by atoms with Gasteiger partial charge in [0.15, 0.2) is 0 Å². The number of halogens is 2. The molecule has 0 aliphatic heterocycles. The van der Waals surface area contributed by atoms with Crippen molar-refractivity contribution in [2.75, 3.05) is 5.32 Å². The molecule has 0 heterocycles. The number of benzene rings is 2. The third-order valence-electron chi connectivity index (χ3n) is 2.70. The van der Waals surface area contributed by atoms with E-state index in [1.807, 2.05) is 25.1 Å². The van der Waals surface area contributed by atoms with Gasteiger partial charge in [0.05, 0.1) is 0 Å². The second-order valence-corrected chi connectivity index (χ2v) is 5.50. The minimum atomic E-state index is -0.424. The number of rotatable bonds is 3. The number of aryl methyl sites for hydroxylation is 1. The zero-order chi connectivity index (χ0) is 14.0. The number of thiocarbonyl (C=S) groups is 1. The molecule has 0 aliphatic rings. The lowest BCUT2D eigenvalue weighted by Gasteiger charge is -2.11. The minimum Gasteiger partial charge on any atom is -0.389 e. The molecule has 0 amide bonds. The first-order valence-electron chi connectivity index (χ1n) is 5.60. The molecule has 0 bridgehead atoms. The molecule has 0 aliphatic carbocycles. The summed E-state index contributed by atoms with van der Waals surface area (Å²) in [5.74, 6) is -0.424. The molecular formula is C14H12BrFN2S. The SMILES string of the molecule is Cc1cc(Br)ccc1Nc1ccc(C(N)=S)c(F)c1. The molecule has 5 heteroatoms. The Morgan fingerprint density at radius 2 is 2.00 bits per heavy atom. The van der Waals surface area contributed by atoms with Crippen LogP contribution < -0.4 is 11.1 Å². The summed E-state index contributed by atoms with van der Waals surface area (Å²) >= 11 is 8.17. The van der Waals surface area contributed by atoms with Crippen LogP contribution in [0.25, 0.3) is 0 Å². The normalized spacial score (nSPS) is 10.3. The molecule has 3 N–H and O–H groups in total. The Labute approximate surface area is 124 Å². The number of hydrogen-bond donors (Lipinski definition) is 2. The van der Waals surface area contributed by atoms with Crippen LogP contribution in [0.5, 0.6) is 0 Å². The van der Waals surface area contributed by atoms with Crippen molar-refractivity contribution in [3.05, 3.63) is 57.8 Å². The summed E-state index contributed by atoms with van der Waals surface area (Å²) in [5.41, 5.74) is 8.32. The molecule has 2 rings (SSSR count). The molecule has 0 fully saturated rings. The molecule has 0 unspecified atom stereocenters. The molecule has 0 spiro atoms. The fourth-order valence-electron chi connectivity index (χ4n) is 1.72. The molecular weight excluding hydrogens is 327 g/mol. The maximum atomic E-state index is 13.8. The molecule has 0 saturated heterocycles. The van der Waals surface area contributed by atoms with Gasteiger partial charge >= 0.3 is 0 Å². The summed E-state index contributed by atoms with van der Waals surface area (Å²) < 4.78 is 14.8. The van der Waals surface area contributed by atoms with E-state index in [1.165, 1.54) is 6.07 Å². The highest BCUT2D eigenvalue weighted by Gasteiger charge is 2.07. The quantitative estimate of drug-likeness (QED) is 0.820. The Morgan fingerprint density at radius 3 is 2.58 bits per heavy atom. The summed E-state index contributed by atoms with van der Waals surface area (Å²) in [7, 11) is 0. The Bertz CT molecular complexity index is 643. The van der Waals surface area contributed by atoms with Gasteiger partial charge in [0.25, 0.3) is 0 Å². The lowest BCUT2D eigenvalue weighted by atomic mass is 10.1. The zero-order valence-corrected chi connectivity index (χ0v) is 12.6. The van der Waals surface area contributed by atoms with E-state index >= 15 is 0 Å². The van der Waals surface area contributed by atoms with E-state index in [0.717, 1.165) is 15.7 Å². The van der Waals surface area contributed by atoms with Crippen molar-refractivity contribution in [3.63, 3.8) is 0 Å². The number of anilines is 2. The molecule has 2 aromatic rings. The predicted molar refractivity (Wildman–Crippen MR) is 84.4 cm³/mol. The van der Waals surface area contributed by atoms with E-state index in [0.29, 0.717) is 5.69 Å². The van der Waals surface area contributed by atoms with Crippen molar-refractivity contribution in [2.24, 2.45) is 5.73 Å². The van der Waals surface area contributed by atoms with Crippen LogP contribution in [0.3, 0.4) is 0 Å². The smallest absolute Gasteiger partial charge is 0.135 e. The van der Waals surface area contributed by atoms with Gasteiger partial charge in [-0.3, -0.25) is 0 Å². The second-order valence-electron chi connectivity index (χ2n) is 4.14. The van der Waals surface area contributed by atoms with Crippen LogP contribution in [-0.4, -0.2) is 4.99 Å². The van der Waals surface area contributed by atoms with Crippen LogP contribution in [-0.2, 0) is 0 Å². The molecule has 0 atom stereocenters. The summed E-state index contributed by atoms with van der Waals surface area (Å²) in [6.45, 7) is 1.98. The van der Waals surface area contributed by atoms with Crippen LogP contribution in [0.4, 0.5) is 15.8 Å². The van der Waals surface area contributed by atoms with Gasteiger partial charge in [-0.05, 0) is 48.9 Å². The maximum Gasteiger partial charge on any atom is 0.135 e. The first kappa shape index (κ1) is 14.0. The summed E-state index contributed by atoms with van der Waals surface area (Å²) in [6, 6.07) is 10.6. The van der Waals surface area contributed by atoms with Crippen molar-refractivity contribution >= 4 is 44.5 Å². The predicted octanol–water partition coefficient (Wildman–Crippen LogP) is 4.27.